The Balaban J connectivity index is 1.20. The minimum Gasteiger partial charge on any atom is -0.454 e. The number of ether oxygens (including phenoxy) is 2. The number of rotatable bonds is 5. The number of piperazine rings is 1. The van der Waals surface area contributed by atoms with Crippen LogP contribution in [0.15, 0.2) is 28.8 Å². The second-order valence-electron chi connectivity index (χ2n) is 6.78. The molecule has 4 rings (SSSR count). The summed E-state index contributed by atoms with van der Waals surface area (Å²) in [4.78, 5) is 28.7. The van der Waals surface area contributed by atoms with E-state index in [0.717, 1.165) is 19.6 Å². The average molecular weight is 386 g/mol. The van der Waals surface area contributed by atoms with Gasteiger partial charge in [0.2, 0.25) is 6.79 Å². The summed E-state index contributed by atoms with van der Waals surface area (Å²) < 4.78 is 15.5. The Kier molecular flexibility index (Phi) is 5.16. The molecule has 0 saturated carbocycles. The Hall–Kier alpha value is -3.07. The number of hydrogen-bond acceptors (Lipinski definition) is 7. The van der Waals surface area contributed by atoms with E-state index in [1.165, 1.54) is 0 Å². The molecule has 0 bridgehead atoms. The monoisotopic (exact) mass is 386 g/mol. The summed E-state index contributed by atoms with van der Waals surface area (Å²) in [5.41, 5.74) is 0.893. The molecule has 2 aliphatic rings. The molecule has 2 aromatic rings. The molecule has 1 aromatic heterocycles. The number of carbonyl (C=O) groups excluding carboxylic acids is 2. The van der Waals surface area contributed by atoms with Crippen molar-refractivity contribution in [2.75, 3.05) is 46.1 Å². The van der Waals surface area contributed by atoms with Crippen LogP contribution in [-0.2, 0) is 0 Å². The van der Waals surface area contributed by atoms with Gasteiger partial charge in [0.05, 0.1) is 0 Å². The van der Waals surface area contributed by atoms with Crippen molar-refractivity contribution in [3.63, 3.8) is 0 Å². The Bertz CT molecular complexity index is 873. The fourth-order valence-corrected chi connectivity index (χ4v) is 3.27. The molecule has 1 saturated heterocycles. The molecule has 0 spiro atoms. The number of nitrogens with one attached hydrogen (secondary N) is 1. The molecular weight excluding hydrogens is 364 g/mol. The van der Waals surface area contributed by atoms with Gasteiger partial charge in [0.15, 0.2) is 17.2 Å². The van der Waals surface area contributed by atoms with Crippen LogP contribution in [0.4, 0.5) is 0 Å². The van der Waals surface area contributed by atoms with Crippen LogP contribution >= 0.6 is 0 Å². The van der Waals surface area contributed by atoms with Gasteiger partial charge in [-0.15, -0.1) is 0 Å². The molecule has 9 nitrogen and oxygen atoms in total. The van der Waals surface area contributed by atoms with E-state index in [0.29, 0.717) is 48.2 Å². The van der Waals surface area contributed by atoms with Crippen molar-refractivity contribution in [1.29, 1.82) is 0 Å². The normalized spacial score (nSPS) is 16.2. The van der Waals surface area contributed by atoms with Crippen LogP contribution in [0.3, 0.4) is 0 Å². The number of hydrogen-bond donors (Lipinski definition) is 1. The molecular formula is C19H22N4O5. The van der Waals surface area contributed by atoms with Crippen molar-refractivity contribution in [3.05, 3.63) is 41.3 Å². The van der Waals surface area contributed by atoms with E-state index >= 15 is 0 Å². The number of nitrogens with zero attached hydrogens (tertiary/aromatic N) is 3. The summed E-state index contributed by atoms with van der Waals surface area (Å²) in [7, 11) is 0. The quantitative estimate of drug-likeness (QED) is 0.815. The van der Waals surface area contributed by atoms with E-state index in [1.807, 2.05) is 0 Å². The number of carbonyl (C=O) groups is 2. The number of aryl methyl sites for hydroxylation is 1. The van der Waals surface area contributed by atoms with Gasteiger partial charge in [0, 0.05) is 50.9 Å². The highest BCUT2D eigenvalue weighted by molar-refractivity contribution is 5.95. The molecule has 1 aromatic carbocycles. The zero-order valence-electron chi connectivity index (χ0n) is 15.6. The van der Waals surface area contributed by atoms with Crippen LogP contribution < -0.4 is 14.8 Å². The van der Waals surface area contributed by atoms with E-state index < -0.39 is 0 Å². The lowest BCUT2D eigenvalue weighted by Gasteiger charge is -2.34. The fraction of sp³-hybridized carbons (Fsp3) is 0.421. The second kappa shape index (κ2) is 7.89. The molecule has 0 radical (unpaired) electrons. The number of aromatic nitrogens is 1. The van der Waals surface area contributed by atoms with Crippen LogP contribution in [0.5, 0.6) is 11.5 Å². The minimum absolute atomic E-state index is 0.104. The summed E-state index contributed by atoms with van der Waals surface area (Å²) >= 11 is 0. The highest BCUT2D eigenvalue weighted by atomic mass is 16.7. The smallest absolute Gasteiger partial charge is 0.276 e. The Morgan fingerprint density at radius 3 is 2.64 bits per heavy atom. The number of amides is 2. The van der Waals surface area contributed by atoms with Gasteiger partial charge in [-0.1, -0.05) is 5.16 Å². The molecule has 28 heavy (non-hydrogen) atoms. The first-order chi connectivity index (χ1) is 13.6. The molecule has 3 heterocycles. The maximum atomic E-state index is 12.4. The summed E-state index contributed by atoms with van der Waals surface area (Å²) in [5.74, 6) is 1.63. The molecule has 2 aliphatic heterocycles. The minimum atomic E-state index is -0.145. The molecule has 0 aliphatic carbocycles. The third kappa shape index (κ3) is 3.94. The molecule has 1 N–H and O–H groups in total. The third-order valence-electron chi connectivity index (χ3n) is 4.85. The van der Waals surface area contributed by atoms with Crippen molar-refractivity contribution in [2.45, 2.75) is 6.92 Å². The lowest BCUT2D eigenvalue weighted by Crippen LogP contribution is -2.50. The van der Waals surface area contributed by atoms with Crippen LogP contribution in [-0.4, -0.2) is 72.8 Å². The topological polar surface area (TPSA) is 97.1 Å². The van der Waals surface area contributed by atoms with E-state index in [9.17, 15) is 9.59 Å². The van der Waals surface area contributed by atoms with Crippen LogP contribution in [0.25, 0.3) is 0 Å². The first kappa shape index (κ1) is 18.3. The maximum Gasteiger partial charge on any atom is 0.276 e. The molecule has 0 unspecified atom stereocenters. The predicted molar refractivity (Wildman–Crippen MR) is 98.5 cm³/mol. The maximum absolute atomic E-state index is 12.4. The van der Waals surface area contributed by atoms with Gasteiger partial charge in [-0.25, -0.2) is 0 Å². The highest BCUT2D eigenvalue weighted by Crippen LogP contribution is 2.32. The molecule has 2 amide bonds. The van der Waals surface area contributed by atoms with Crippen molar-refractivity contribution in [2.24, 2.45) is 0 Å². The van der Waals surface area contributed by atoms with Gasteiger partial charge < -0.3 is 24.2 Å². The lowest BCUT2D eigenvalue weighted by atomic mass is 10.2. The van der Waals surface area contributed by atoms with E-state index in [-0.39, 0.29) is 18.6 Å². The summed E-state index contributed by atoms with van der Waals surface area (Å²) in [6, 6.07) is 6.80. The molecule has 148 valence electrons. The molecule has 1 fully saturated rings. The van der Waals surface area contributed by atoms with Gasteiger partial charge in [0.25, 0.3) is 11.8 Å². The van der Waals surface area contributed by atoms with Gasteiger partial charge in [-0.2, -0.15) is 0 Å². The van der Waals surface area contributed by atoms with Gasteiger partial charge in [0.1, 0.15) is 5.76 Å². The van der Waals surface area contributed by atoms with Gasteiger partial charge >= 0.3 is 0 Å². The predicted octanol–water partition coefficient (Wildman–Crippen LogP) is 0.900. The second-order valence-corrected chi connectivity index (χ2v) is 6.78. The largest absolute Gasteiger partial charge is 0.454 e. The lowest BCUT2D eigenvalue weighted by molar-refractivity contribution is 0.0628. The van der Waals surface area contributed by atoms with Crippen LogP contribution in [0.1, 0.15) is 26.6 Å². The van der Waals surface area contributed by atoms with E-state index in [2.05, 4.69) is 15.4 Å². The first-order valence-electron chi connectivity index (χ1n) is 9.23. The molecule has 0 atom stereocenters. The SMILES string of the molecule is Cc1cc(C(=O)N2CCN(CCNC(=O)c3ccc4c(c3)OCO4)CC2)no1. The van der Waals surface area contributed by atoms with E-state index in [1.54, 1.807) is 36.1 Å². The summed E-state index contributed by atoms with van der Waals surface area (Å²) in [5, 5.41) is 6.71. The van der Waals surface area contributed by atoms with Crippen molar-refractivity contribution in [3.8, 4) is 11.5 Å². The highest BCUT2D eigenvalue weighted by Gasteiger charge is 2.24. The Morgan fingerprint density at radius 1 is 1.11 bits per heavy atom. The summed E-state index contributed by atoms with van der Waals surface area (Å²) in [6.07, 6.45) is 0. The third-order valence-corrected chi connectivity index (χ3v) is 4.85. The Labute approximate surface area is 162 Å². The summed E-state index contributed by atoms with van der Waals surface area (Å²) in [6.45, 7) is 5.96. The van der Waals surface area contributed by atoms with Gasteiger partial charge in [-0.3, -0.25) is 14.5 Å². The standard InChI is InChI=1S/C19H22N4O5/c1-13-10-15(21-28-13)19(25)23-8-6-22(7-9-23)5-4-20-18(24)14-2-3-16-17(11-14)27-12-26-16/h2-3,10-11H,4-9,12H2,1H3,(H,20,24). The van der Waals surface area contributed by atoms with E-state index in [4.69, 9.17) is 14.0 Å². The fourth-order valence-electron chi connectivity index (χ4n) is 3.27. The van der Waals surface area contributed by atoms with Crippen LogP contribution in [0, 0.1) is 6.92 Å². The average Bonchev–Trinajstić information content (AvgIpc) is 3.36. The van der Waals surface area contributed by atoms with Crippen molar-refractivity contribution < 1.29 is 23.6 Å². The van der Waals surface area contributed by atoms with Crippen LogP contribution in [0.2, 0.25) is 0 Å². The van der Waals surface area contributed by atoms with Crippen molar-refractivity contribution >= 4 is 11.8 Å². The number of benzene rings is 1. The van der Waals surface area contributed by atoms with Crippen molar-refractivity contribution in [1.82, 2.24) is 20.3 Å². The zero-order chi connectivity index (χ0) is 19.5. The van der Waals surface area contributed by atoms with Gasteiger partial charge in [-0.05, 0) is 25.1 Å². The first-order valence-corrected chi connectivity index (χ1v) is 9.23. The number of fused-ring (bicyclic) bond motifs is 1. The Morgan fingerprint density at radius 2 is 1.89 bits per heavy atom. The zero-order valence-corrected chi connectivity index (χ0v) is 15.6. The molecule has 9 heteroatoms.